The normalized spacial score (nSPS) is 14.4. The van der Waals surface area contributed by atoms with Crippen LogP contribution in [0.2, 0.25) is 0 Å². The number of carboxylic acids is 1. The zero-order valence-corrected chi connectivity index (χ0v) is 83.6. The number of ketones is 1. The van der Waals surface area contributed by atoms with Gasteiger partial charge in [0, 0.05) is 58.3 Å². The second-order valence-corrected chi connectivity index (χ2v) is 35.6. The molecule has 0 radical (unpaired) electrons. The number of aliphatic carboxylic acids is 1. The number of hydrogen-bond acceptors (Lipinski definition) is 24. The number of nitrogens with two attached hydrogens (primary N) is 3. The number of carbonyl (C=O) groups is 8. The molecule has 3 amide bonds. The van der Waals surface area contributed by atoms with Crippen LogP contribution < -0.4 is 57.7 Å². The molecule has 0 bridgehead atoms. The number of benzene rings is 14. The molecule has 0 aliphatic heterocycles. The van der Waals surface area contributed by atoms with Crippen LogP contribution in [0.5, 0.6) is 11.5 Å². The first-order valence-corrected chi connectivity index (χ1v) is 48.9. The first-order chi connectivity index (χ1) is 70.3. The van der Waals surface area contributed by atoms with E-state index in [1.807, 2.05) is 253 Å². The van der Waals surface area contributed by atoms with Crippen LogP contribution >= 0.6 is 22.6 Å². The number of carboxylic acid groups (broad SMARTS) is 1. The van der Waals surface area contributed by atoms with E-state index in [1.54, 1.807) is 69.3 Å². The number of aliphatic hydroxyl groups excluding tert-OH is 1. The first kappa shape index (κ1) is 112. The van der Waals surface area contributed by atoms with Gasteiger partial charge < -0.3 is 102 Å². The molecule has 14 aromatic carbocycles. The van der Waals surface area contributed by atoms with E-state index in [-0.39, 0.29) is 104 Å². The molecule has 758 valence electrons. The Kier molecular flexibility index (Phi) is 39.0. The maximum atomic E-state index is 13.9. The number of ether oxygens (including phenoxy) is 7. The van der Waals surface area contributed by atoms with Gasteiger partial charge in [-0.1, -0.05) is 247 Å². The summed E-state index contributed by atoms with van der Waals surface area (Å²) in [5.74, 6) is -2.46. The molecule has 20 rings (SSSR count). The van der Waals surface area contributed by atoms with Crippen molar-refractivity contribution in [3.63, 3.8) is 0 Å². The number of alkyl halides is 4. The summed E-state index contributed by atoms with van der Waals surface area (Å²) in [7, 11) is 0. The number of anilines is 5. The van der Waals surface area contributed by atoms with Crippen LogP contribution in [0.25, 0.3) is 66.8 Å². The van der Waals surface area contributed by atoms with Gasteiger partial charge in [-0.2, -0.15) is 13.2 Å². The Hall–Kier alpha value is -15.2. The summed E-state index contributed by atoms with van der Waals surface area (Å²) in [5, 5.41) is 47.0. The summed E-state index contributed by atoms with van der Waals surface area (Å²) >= 11 is -1.97. The molecule has 6 aliphatic carbocycles. The van der Waals surface area contributed by atoms with Gasteiger partial charge in [0.15, 0.2) is 11.8 Å². The molecule has 0 saturated carbocycles. The number of hydrogen-bond donors (Lipinski definition) is 11. The number of fused-ring (bicyclic) bond motifs is 18. The molecule has 0 aromatic heterocycles. The topological polar surface area (TPSA) is 494 Å². The summed E-state index contributed by atoms with van der Waals surface area (Å²) < 4.78 is 87.8. The molecule has 17 N–H and O–H groups in total. The van der Waals surface area contributed by atoms with Crippen LogP contribution in [0.1, 0.15) is 134 Å². The Labute approximate surface area is 878 Å². The Bertz CT molecular complexity index is 7140. The number of aliphatic hydroxyl groups is 1. The van der Waals surface area contributed by atoms with E-state index in [1.165, 1.54) is 12.1 Å². The van der Waals surface area contributed by atoms with Gasteiger partial charge in [-0.25, -0.2) is 19.2 Å². The number of nitrogen functional groups attached to an aromatic ring is 3. The van der Waals surface area contributed by atoms with Crippen molar-refractivity contribution in [1.82, 2.24) is 5.32 Å². The third-order valence-corrected chi connectivity index (χ3v) is 25.3. The molecular weight excluding hydrogens is 2030 g/mol. The second kappa shape index (κ2) is 51.7. The average Bonchev–Trinajstić information content (AvgIpc) is 1.46. The number of aromatic hydroxyl groups is 2. The Morgan fingerprint density at radius 3 is 1.18 bits per heavy atom. The van der Waals surface area contributed by atoms with Gasteiger partial charge >= 0.3 is 54.3 Å². The number of esters is 3. The summed E-state index contributed by atoms with van der Waals surface area (Å²) in [6, 6.07) is 94.9. The second-order valence-electron chi connectivity index (χ2n) is 33.9. The molecule has 0 saturated heterocycles. The summed E-state index contributed by atoms with van der Waals surface area (Å²) in [6.07, 6.45) is -1.97. The van der Waals surface area contributed by atoms with Crippen LogP contribution in [0.15, 0.2) is 309 Å². The predicted molar refractivity (Wildman–Crippen MR) is 556 cm³/mol. The van der Waals surface area contributed by atoms with Crippen molar-refractivity contribution in [3.8, 4) is 78.3 Å². The van der Waals surface area contributed by atoms with Crippen molar-refractivity contribution in [2.24, 2.45) is 0 Å². The van der Waals surface area contributed by atoms with Crippen molar-refractivity contribution in [2.45, 2.75) is 81.5 Å². The van der Waals surface area contributed by atoms with Gasteiger partial charge in [0.05, 0.1) is 35.3 Å². The summed E-state index contributed by atoms with van der Waals surface area (Å²) in [5.41, 5.74) is 44.5. The molecule has 14 aromatic rings. The van der Waals surface area contributed by atoms with Gasteiger partial charge in [0.2, 0.25) is 5.91 Å². The number of alkyl carbamates (subject to hydrolysis) is 1. The van der Waals surface area contributed by atoms with Crippen molar-refractivity contribution < 1.29 is 144 Å². The maximum Gasteiger partial charge on any atom is 1.00 e. The molecule has 0 heterocycles. The number of rotatable bonds is 24. The van der Waals surface area contributed by atoms with E-state index in [0.29, 0.717) is 52.5 Å². The van der Waals surface area contributed by atoms with Gasteiger partial charge in [-0.3, -0.25) is 23.4 Å². The summed E-state index contributed by atoms with van der Waals surface area (Å²) in [4.78, 5) is 96.7. The van der Waals surface area contributed by atoms with Crippen LogP contribution in [0.3, 0.4) is 0 Å². The van der Waals surface area contributed by atoms with Gasteiger partial charge in [0.25, 0.3) is 5.91 Å². The van der Waals surface area contributed by atoms with E-state index >= 15 is 0 Å². The van der Waals surface area contributed by atoms with E-state index in [9.17, 15) is 66.8 Å². The largest absolute Gasteiger partial charge is 1.00 e. The van der Waals surface area contributed by atoms with Gasteiger partial charge in [-0.05, 0) is 239 Å². The average molecular weight is 2140 g/mol. The third-order valence-electron chi connectivity index (χ3n) is 24.3. The number of nitrogens with one attached hydrogen (secondary N) is 3. The van der Waals surface area contributed by atoms with Gasteiger partial charge in [-0.15, -0.1) is 0 Å². The fraction of sp³-hybridized carbons (Fsp3) is 0.186. The van der Waals surface area contributed by atoms with E-state index < -0.39 is 77.5 Å². The molecule has 0 fully saturated rings. The van der Waals surface area contributed by atoms with Crippen molar-refractivity contribution in [3.05, 3.63) is 387 Å². The predicted octanol–water partition coefficient (Wildman–Crippen LogP) is 15.4. The van der Waals surface area contributed by atoms with Crippen LogP contribution in [0, 0.1) is 0 Å². The van der Waals surface area contributed by atoms with Crippen molar-refractivity contribution in [2.75, 3.05) is 78.5 Å². The number of phenols is 2. The molecular formula is C113H104F3ILiN7O22S. The van der Waals surface area contributed by atoms with Crippen LogP contribution in [-0.2, 0) is 85.8 Å². The molecule has 6 aliphatic rings. The van der Waals surface area contributed by atoms with Crippen molar-refractivity contribution >= 4 is 110 Å². The quantitative estimate of drug-likeness (QED) is 0.00509. The number of amides is 3. The summed E-state index contributed by atoms with van der Waals surface area (Å²) in [6.45, 7) is 5.81. The number of carbonyl (C=O) groups excluding carboxylic acids is 7. The monoisotopic (exact) mass is 2130 g/mol. The Morgan fingerprint density at radius 1 is 0.419 bits per heavy atom. The minimum Gasteiger partial charge on any atom is -0.870 e. The minimum absolute atomic E-state index is 0. The fourth-order valence-electron chi connectivity index (χ4n) is 17.9. The fourth-order valence-corrected chi connectivity index (χ4v) is 18.1. The zero-order chi connectivity index (χ0) is 104. The van der Waals surface area contributed by atoms with Gasteiger partial charge in [0.1, 0.15) is 68.4 Å². The SMILES string of the molecule is CCOC(=O)CI.CCOC(=O)COC1c2ccccc2-c2ccc(N)cc21.CCOC(=O)COC1c2ccccc2-c2ccc(NC(=O)[C@H](Cc3ccc(O)cc3)NC(=O)OCC3c4ccccc4-c4ccccc43)cc21.Nc1ccc2c(c1)C(=O)c1ccccc1-2.Nc1ccc2c(c1)C(O)c1ccccc1-2.O=S([O-])C(F)(F)F.[Li+].[NH3+][C@@H](Cc1ccc(O)cc1)C(=O)Nc1ccc2c(c1)C(OCC(=O)O)c1ccccc1-2.[OH-]. The standard InChI is InChI=1S/C41H36N2O7.C24H22N2O5.C17H17NO3.C13H11NO.C13H9NO.C4H7IO2.CHF3O2S.Li.H2O/c1-2-48-38(45)24-49-39-34-14-8-7-11-30(34)33-20-17-26(22-35(33)39)42-40(46)37(21-25-15-18-27(44)19-16-25)43-41(47)50-23-36-31-12-5-3-9-28(31)29-10-4-6-13-32(29)36;25-21(11-14-5-8-16(27)9-6-14)24(30)26-15-7-10-18-17-3-1-2-4-19(17)23(20(18)12-15)31-13-22(28)29;1-2-20-16(19)10-21-17-14-6-4-3-5-12(14)13-8-7-11(18)9-15(13)17;2*14-8-5-6-10-9-3-1-2-4-11(9)13(15)12(10)7-8;1-2-7-4(6)3-5;2-1(3,4)7(5)6;;/h3-20,22,36-37,39,44H,2,21,23-24H2,1H3,(H,42,46)(H,43,47);1-10,12,21,23,27H,11,13,25H2,(H,26,30)(H,28,29);3-9,17H,2,10,18H2,1H3;1-7,13,15H,14H2;1-7H,14H2;2-3H2,1H3;(H,5,6);;1H2/q;;;;;;;+1;/p-1/t37-,39?;21-,23?;;;;;;;/m00......./s1. The van der Waals surface area contributed by atoms with Crippen molar-refractivity contribution in [1.29, 1.82) is 0 Å². The molecule has 7 atom stereocenters. The number of quaternary nitrogens is 1. The Morgan fingerprint density at radius 2 is 0.750 bits per heavy atom. The molecule has 35 heteroatoms. The first-order valence-electron chi connectivity index (χ1n) is 46.3. The molecule has 0 spiro atoms. The third kappa shape index (κ3) is 27.4. The molecule has 148 heavy (non-hydrogen) atoms. The molecule has 29 nitrogen and oxygen atoms in total. The van der Waals surface area contributed by atoms with Crippen LogP contribution in [0.4, 0.5) is 46.4 Å². The zero-order valence-electron chi connectivity index (χ0n) is 80.6. The van der Waals surface area contributed by atoms with E-state index in [2.05, 4.69) is 44.6 Å². The van der Waals surface area contributed by atoms with Crippen LogP contribution in [-0.4, -0.2) is 150 Å². The van der Waals surface area contributed by atoms with E-state index in [4.69, 9.17) is 59.5 Å². The smallest absolute Gasteiger partial charge is 0.870 e. The Balaban J connectivity index is 0.000000169. The maximum absolute atomic E-state index is 13.9. The molecule has 5 unspecified atom stereocenters. The number of halogens is 4. The van der Waals surface area contributed by atoms with E-state index in [0.717, 1.165) is 145 Å². The number of phenolic OH excluding ortho intramolecular Hbond substituents is 2. The minimum atomic E-state index is -5.08.